The van der Waals surface area contributed by atoms with Gasteiger partial charge >= 0.3 is 0 Å². The molecule has 7 nitrogen and oxygen atoms in total. The van der Waals surface area contributed by atoms with Crippen molar-refractivity contribution in [2.24, 2.45) is 0 Å². The fraction of sp³-hybridized carbons (Fsp3) is 0.0909. The van der Waals surface area contributed by atoms with E-state index in [2.05, 4.69) is 15.0 Å². The molecule has 2 aromatic carbocycles. The van der Waals surface area contributed by atoms with Crippen molar-refractivity contribution in [3.63, 3.8) is 0 Å². The highest BCUT2D eigenvalue weighted by Crippen LogP contribution is 2.30. The van der Waals surface area contributed by atoms with Crippen molar-refractivity contribution in [1.82, 2.24) is 4.98 Å². The predicted octanol–water partition coefficient (Wildman–Crippen LogP) is 5.24. The number of benzene rings is 2. The van der Waals surface area contributed by atoms with Gasteiger partial charge in [-0.3, -0.25) is 9.52 Å². The summed E-state index contributed by atoms with van der Waals surface area (Å²) >= 11 is 2.83. The number of ether oxygens (including phenoxy) is 1. The van der Waals surface area contributed by atoms with E-state index >= 15 is 0 Å². The Labute approximate surface area is 193 Å². The Morgan fingerprint density at radius 3 is 2.50 bits per heavy atom. The summed E-state index contributed by atoms with van der Waals surface area (Å²) in [4.78, 5) is 18.5. The summed E-state index contributed by atoms with van der Waals surface area (Å²) in [6, 6.07) is 15.2. The van der Waals surface area contributed by atoms with Crippen molar-refractivity contribution < 1.29 is 17.9 Å². The Bertz CT molecular complexity index is 1350. The SMILES string of the molecule is COc1ccc(NS(=O)(=O)c2cc(NC(=O)c3cnc(-c4cccs4)s3)ccc2C)cc1. The molecule has 0 radical (unpaired) electrons. The molecule has 164 valence electrons. The van der Waals surface area contributed by atoms with Gasteiger partial charge in [0.15, 0.2) is 0 Å². The van der Waals surface area contributed by atoms with Crippen molar-refractivity contribution in [2.75, 3.05) is 17.1 Å². The third-order valence-electron chi connectivity index (χ3n) is 4.54. The van der Waals surface area contributed by atoms with Gasteiger partial charge in [0.2, 0.25) is 0 Å². The van der Waals surface area contributed by atoms with Gasteiger partial charge in [0.1, 0.15) is 15.6 Å². The molecule has 0 bridgehead atoms. The van der Waals surface area contributed by atoms with Crippen LogP contribution in [0.4, 0.5) is 11.4 Å². The largest absolute Gasteiger partial charge is 0.497 e. The number of nitrogens with one attached hydrogen (secondary N) is 2. The summed E-state index contributed by atoms with van der Waals surface area (Å²) in [5, 5.41) is 5.48. The number of thiazole rings is 1. The van der Waals surface area contributed by atoms with Crippen molar-refractivity contribution >= 4 is 50.0 Å². The smallest absolute Gasteiger partial charge is 0.267 e. The van der Waals surface area contributed by atoms with Gasteiger partial charge in [-0.25, -0.2) is 13.4 Å². The first-order valence-corrected chi connectivity index (χ1v) is 12.6. The molecule has 0 unspecified atom stereocenters. The minimum absolute atomic E-state index is 0.0784. The summed E-state index contributed by atoms with van der Waals surface area (Å²) in [7, 11) is -2.32. The van der Waals surface area contributed by atoms with Gasteiger partial charge in [0.25, 0.3) is 15.9 Å². The van der Waals surface area contributed by atoms with Crippen molar-refractivity contribution in [1.29, 1.82) is 0 Å². The number of thiophene rings is 1. The third-order valence-corrected chi connectivity index (χ3v) is 8.10. The van der Waals surface area contributed by atoms with E-state index in [4.69, 9.17) is 4.74 Å². The van der Waals surface area contributed by atoms with Crippen molar-refractivity contribution in [3.05, 3.63) is 76.6 Å². The molecule has 0 aliphatic carbocycles. The maximum atomic E-state index is 13.0. The molecule has 0 spiro atoms. The highest BCUT2D eigenvalue weighted by molar-refractivity contribution is 7.92. The molecule has 0 aliphatic rings. The number of hydrogen-bond donors (Lipinski definition) is 2. The molecule has 0 atom stereocenters. The highest BCUT2D eigenvalue weighted by atomic mass is 32.2. The summed E-state index contributed by atoms with van der Waals surface area (Å²) in [5.41, 5.74) is 1.34. The lowest BCUT2D eigenvalue weighted by Gasteiger charge is -2.13. The van der Waals surface area contributed by atoms with Crippen LogP contribution >= 0.6 is 22.7 Å². The molecule has 0 saturated heterocycles. The second-order valence-electron chi connectivity index (χ2n) is 6.78. The molecule has 32 heavy (non-hydrogen) atoms. The Balaban J connectivity index is 1.53. The number of nitrogens with zero attached hydrogens (tertiary/aromatic N) is 1. The lowest BCUT2D eigenvalue weighted by Crippen LogP contribution is -2.16. The molecule has 4 aromatic rings. The van der Waals surface area contributed by atoms with E-state index in [9.17, 15) is 13.2 Å². The molecule has 1 amide bonds. The zero-order valence-corrected chi connectivity index (χ0v) is 19.6. The maximum Gasteiger partial charge on any atom is 0.267 e. The molecular formula is C22H19N3O4S3. The average molecular weight is 486 g/mol. The van der Waals surface area contributed by atoms with Gasteiger partial charge in [-0.1, -0.05) is 12.1 Å². The van der Waals surface area contributed by atoms with E-state index in [-0.39, 0.29) is 10.8 Å². The summed E-state index contributed by atoms with van der Waals surface area (Å²) in [6.45, 7) is 1.70. The number of sulfonamides is 1. The molecule has 0 aliphatic heterocycles. The number of carbonyl (C=O) groups excluding carboxylic acids is 1. The lowest BCUT2D eigenvalue weighted by molar-refractivity contribution is 0.103. The lowest BCUT2D eigenvalue weighted by atomic mass is 10.2. The van der Waals surface area contributed by atoms with Gasteiger partial charge in [-0.05, 0) is 60.3 Å². The standard InChI is InChI=1S/C22H19N3O4S3/c1-14-5-6-16(24-21(26)19-13-23-22(31-19)18-4-3-11-30-18)12-20(14)32(27,28)25-15-7-9-17(29-2)10-8-15/h3-13,25H,1-2H3,(H,24,26). The molecular weight excluding hydrogens is 466 g/mol. The van der Waals surface area contributed by atoms with Gasteiger partial charge in [-0.2, -0.15) is 0 Å². The molecule has 2 aromatic heterocycles. The van der Waals surface area contributed by atoms with Crippen LogP contribution in [0.25, 0.3) is 9.88 Å². The molecule has 0 fully saturated rings. The zero-order chi connectivity index (χ0) is 22.7. The number of hydrogen-bond acceptors (Lipinski definition) is 7. The quantitative estimate of drug-likeness (QED) is 0.373. The van der Waals surface area contributed by atoms with Crippen LogP contribution in [-0.2, 0) is 10.0 Å². The Morgan fingerprint density at radius 2 is 1.81 bits per heavy atom. The van der Waals surface area contributed by atoms with Gasteiger partial charge in [0.05, 0.1) is 23.1 Å². The Morgan fingerprint density at radius 1 is 1.06 bits per heavy atom. The van der Waals surface area contributed by atoms with Crippen molar-refractivity contribution in [3.8, 4) is 15.6 Å². The van der Waals surface area contributed by atoms with Crippen LogP contribution in [0.3, 0.4) is 0 Å². The number of aryl methyl sites for hydroxylation is 1. The molecule has 2 N–H and O–H groups in total. The van der Waals surface area contributed by atoms with Gasteiger partial charge in [-0.15, -0.1) is 22.7 Å². The Hall–Kier alpha value is -3.21. The second-order valence-corrected chi connectivity index (χ2v) is 10.4. The van der Waals surface area contributed by atoms with Crippen molar-refractivity contribution in [2.45, 2.75) is 11.8 Å². The van der Waals surface area contributed by atoms with Crippen LogP contribution in [0.2, 0.25) is 0 Å². The van der Waals surface area contributed by atoms with Gasteiger partial charge in [0, 0.05) is 11.4 Å². The van der Waals surface area contributed by atoms with E-state index in [1.165, 1.54) is 30.7 Å². The number of aromatic nitrogens is 1. The van der Waals surface area contributed by atoms with E-state index < -0.39 is 10.0 Å². The van der Waals surface area contributed by atoms with Crippen LogP contribution in [0.5, 0.6) is 5.75 Å². The highest BCUT2D eigenvalue weighted by Gasteiger charge is 2.19. The van der Waals surface area contributed by atoms with E-state index in [0.717, 1.165) is 9.88 Å². The summed E-state index contributed by atoms with van der Waals surface area (Å²) in [6.07, 6.45) is 1.52. The summed E-state index contributed by atoms with van der Waals surface area (Å²) < 4.78 is 33.6. The monoisotopic (exact) mass is 485 g/mol. The van der Waals surface area contributed by atoms with E-state index in [1.807, 2.05) is 17.5 Å². The molecule has 4 rings (SSSR count). The van der Waals surface area contributed by atoms with Crippen LogP contribution in [0.1, 0.15) is 15.2 Å². The summed E-state index contributed by atoms with van der Waals surface area (Å²) in [5.74, 6) is 0.278. The number of carbonyl (C=O) groups is 1. The molecule has 0 saturated carbocycles. The number of amides is 1. The van der Waals surface area contributed by atoms with E-state index in [0.29, 0.717) is 27.6 Å². The molecule has 10 heteroatoms. The third kappa shape index (κ3) is 4.82. The van der Waals surface area contributed by atoms with Crippen LogP contribution < -0.4 is 14.8 Å². The Kier molecular flexibility index (Phi) is 6.26. The second kappa shape index (κ2) is 9.11. The van der Waals surface area contributed by atoms with Crippen LogP contribution in [0.15, 0.2) is 71.1 Å². The average Bonchev–Trinajstić information content (AvgIpc) is 3.47. The maximum absolute atomic E-state index is 13.0. The first-order chi connectivity index (χ1) is 15.4. The number of methoxy groups -OCH3 is 1. The number of rotatable bonds is 7. The first kappa shape index (κ1) is 22.0. The minimum Gasteiger partial charge on any atom is -0.497 e. The fourth-order valence-corrected chi connectivity index (χ4v) is 5.87. The zero-order valence-electron chi connectivity index (χ0n) is 17.2. The molecule has 2 heterocycles. The number of anilines is 2. The topological polar surface area (TPSA) is 97.4 Å². The van der Waals surface area contributed by atoms with E-state index in [1.54, 1.807) is 54.7 Å². The first-order valence-electron chi connectivity index (χ1n) is 9.44. The normalized spacial score (nSPS) is 11.2. The fourth-order valence-electron chi connectivity index (χ4n) is 2.92. The minimum atomic E-state index is -3.86. The van der Waals surface area contributed by atoms with Gasteiger partial charge < -0.3 is 10.1 Å². The predicted molar refractivity (Wildman–Crippen MR) is 128 cm³/mol. The van der Waals surface area contributed by atoms with Crippen LogP contribution in [-0.4, -0.2) is 26.4 Å². The van der Waals surface area contributed by atoms with Crippen LogP contribution in [0, 0.1) is 6.92 Å².